The van der Waals surface area contributed by atoms with Crippen molar-refractivity contribution in [3.8, 4) is 0 Å². The first-order valence-electron chi connectivity index (χ1n) is 6.20. The van der Waals surface area contributed by atoms with Gasteiger partial charge in [0.2, 0.25) is 5.22 Å². The summed E-state index contributed by atoms with van der Waals surface area (Å²) in [6.45, 7) is 10.0. The van der Waals surface area contributed by atoms with Crippen molar-refractivity contribution in [2.75, 3.05) is 13.1 Å². The summed E-state index contributed by atoms with van der Waals surface area (Å²) in [5, 5.41) is 2.98. The molecule has 18 heavy (non-hydrogen) atoms. The van der Waals surface area contributed by atoms with Crippen molar-refractivity contribution in [2.24, 2.45) is 0 Å². The summed E-state index contributed by atoms with van der Waals surface area (Å²) in [5.74, 6) is -0.193. The molecule has 0 aromatic carbocycles. The number of rotatable bonds is 6. The van der Waals surface area contributed by atoms with Crippen LogP contribution in [0.15, 0.2) is 16.7 Å². The number of carbonyl (C=O) groups is 1. The minimum Gasteiger partial charge on any atom is -0.452 e. The molecule has 0 spiro atoms. The van der Waals surface area contributed by atoms with E-state index in [-0.39, 0.29) is 11.1 Å². The summed E-state index contributed by atoms with van der Waals surface area (Å²) in [6.07, 6.45) is 1.41. The van der Waals surface area contributed by atoms with Gasteiger partial charge in [-0.05, 0) is 45.4 Å². The molecule has 1 amide bonds. The number of hydrogen-bond donors (Lipinski definition) is 1. The van der Waals surface area contributed by atoms with Gasteiger partial charge in [-0.15, -0.1) is 0 Å². The Morgan fingerprint density at radius 2 is 2.00 bits per heavy atom. The van der Waals surface area contributed by atoms with E-state index in [1.54, 1.807) is 6.07 Å². The van der Waals surface area contributed by atoms with E-state index in [4.69, 9.17) is 16.0 Å². The van der Waals surface area contributed by atoms with Crippen LogP contribution in [0.4, 0.5) is 0 Å². The summed E-state index contributed by atoms with van der Waals surface area (Å²) >= 11 is 5.74. The quantitative estimate of drug-likeness (QED) is 0.866. The second kappa shape index (κ2) is 6.81. The van der Waals surface area contributed by atoms with Gasteiger partial charge in [0.25, 0.3) is 5.91 Å². The van der Waals surface area contributed by atoms with E-state index in [2.05, 4.69) is 37.9 Å². The highest BCUT2D eigenvalue weighted by Crippen LogP contribution is 2.16. The maximum absolute atomic E-state index is 11.8. The Labute approximate surface area is 113 Å². The van der Waals surface area contributed by atoms with Crippen molar-refractivity contribution in [3.63, 3.8) is 0 Å². The maximum atomic E-state index is 11.8. The molecular formula is C13H21ClN2O2. The van der Waals surface area contributed by atoms with Crippen molar-refractivity contribution < 1.29 is 9.21 Å². The Bertz CT molecular complexity index is 380. The lowest BCUT2D eigenvalue weighted by Gasteiger charge is -2.30. The van der Waals surface area contributed by atoms with Crippen LogP contribution in [0.5, 0.6) is 0 Å². The molecule has 4 nitrogen and oxygen atoms in total. The van der Waals surface area contributed by atoms with Gasteiger partial charge in [0.1, 0.15) is 0 Å². The molecule has 0 radical (unpaired) electrons. The molecule has 1 aromatic heterocycles. The number of amides is 1. The van der Waals surface area contributed by atoms with E-state index in [1.165, 1.54) is 6.26 Å². The van der Waals surface area contributed by atoms with Gasteiger partial charge in [-0.1, -0.05) is 0 Å². The minimum atomic E-state index is -0.193. The lowest BCUT2D eigenvalue weighted by atomic mass is 10.2. The van der Waals surface area contributed by atoms with E-state index >= 15 is 0 Å². The number of halogens is 1. The van der Waals surface area contributed by atoms with Crippen LogP contribution < -0.4 is 5.32 Å². The van der Waals surface area contributed by atoms with Crippen LogP contribution in [0.3, 0.4) is 0 Å². The Morgan fingerprint density at radius 1 is 1.39 bits per heavy atom. The molecule has 0 unspecified atom stereocenters. The van der Waals surface area contributed by atoms with Crippen LogP contribution in [-0.2, 0) is 0 Å². The highest BCUT2D eigenvalue weighted by atomic mass is 35.5. The Kier molecular flexibility index (Phi) is 5.69. The highest BCUT2D eigenvalue weighted by molar-refractivity contribution is 6.32. The molecule has 0 saturated heterocycles. The smallest absolute Gasteiger partial charge is 0.256 e. The first-order valence-corrected chi connectivity index (χ1v) is 6.58. The molecular weight excluding hydrogens is 252 g/mol. The fraction of sp³-hybridized carbons (Fsp3) is 0.615. The molecule has 102 valence electrons. The van der Waals surface area contributed by atoms with E-state index in [0.717, 1.165) is 6.54 Å². The Morgan fingerprint density at radius 3 is 2.44 bits per heavy atom. The van der Waals surface area contributed by atoms with Gasteiger partial charge in [0, 0.05) is 25.2 Å². The van der Waals surface area contributed by atoms with Crippen LogP contribution in [-0.4, -0.2) is 36.0 Å². The lowest BCUT2D eigenvalue weighted by Crippen LogP contribution is -2.42. The van der Waals surface area contributed by atoms with Gasteiger partial charge < -0.3 is 9.73 Å². The van der Waals surface area contributed by atoms with E-state index in [9.17, 15) is 4.79 Å². The summed E-state index contributed by atoms with van der Waals surface area (Å²) in [7, 11) is 0. The number of hydrogen-bond acceptors (Lipinski definition) is 3. The average Bonchev–Trinajstić information content (AvgIpc) is 2.69. The van der Waals surface area contributed by atoms with E-state index < -0.39 is 0 Å². The van der Waals surface area contributed by atoms with E-state index in [0.29, 0.717) is 24.2 Å². The molecule has 0 fully saturated rings. The normalized spacial score (nSPS) is 11.6. The van der Waals surface area contributed by atoms with Crippen molar-refractivity contribution in [1.82, 2.24) is 10.2 Å². The van der Waals surface area contributed by atoms with Crippen molar-refractivity contribution in [2.45, 2.75) is 39.8 Å². The molecule has 0 bridgehead atoms. The standard InChI is InChI=1S/C13H21ClN2O2/c1-9(2)16(10(3)4)7-6-15-13(17)11-5-8-18-12(11)14/h5,8-10H,6-7H2,1-4H3,(H,15,17). The summed E-state index contributed by atoms with van der Waals surface area (Å²) in [5.41, 5.74) is 0.386. The fourth-order valence-corrected chi connectivity index (χ4v) is 2.16. The molecule has 0 atom stereocenters. The van der Waals surface area contributed by atoms with Gasteiger partial charge in [-0.2, -0.15) is 0 Å². The zero-order valence-corrected chi connectivity index (χ0v) is 12.1. The lowest BCUT2D eigenvalue weighted by molar-refractivity contribution is 0.0939. The summed E-state index contributed by atoms with van der Waals surface area (Å²) < 4.78 is 4.88. The zero-order valence-electron chi connectivity index (χ0n) is 11.4. The Hall–Kier alpha value is -1.00. The molecule has 0 aliphatic rings. The fourth-order valence-electron chi connectivity index (χ4n) is 1.96. The zero-order chi connectivity index (χ0) is 13.7. The second-order valence-corrected chi connectivity index (χ2v) is 5.13. The maximum Gasteiger partial charge on any atom is 0.256 e. The third kappa shape index (κ3) is 4.03. The minimum absolute atomic E-state index is 0.136. The highest BCUT2D eigenvalue weighted by Gasteiger charge is 2.15. The number of carbonyl (C=O) groups excluding carboxylic acids is 1. The average molecular weight is 273 g/mol. The molecule has 1 heterocycles. The summed E-state index contributed by atoms with van der Waals surface area (Å²) in [6, 6.07) is 2.49. The van der Waals surface area contributed by atoms with Gasteiger partial charge in [0.05, 0.1) is 11.8 Å². The van der Waals surface area contributed by atoms with Gasteiger partial charge >= 0.3 is 0 Å². The van der Waals surface area contributed by atoms with Crippen LogP contribution in [0.2, 0.25) is 5.22 Å². The van der Waals surface area contributed by atoms with Crippen molar-refractivity contribution in [1.29, 1.82) is 0 Å². The topological polar surface area (TPSA) is 45.5 Å². The molecule has 0 aliphatic carbocycles. The van der Waals surface area contributed by atoms with Crippen molar-refractivity contribution >= 4 is 17.5 Å². The second-order valence-electron chi connectivity index (χ2n) is 4.79. The SMILES string of the molecule is CC(C)N(CCNC(=O)c1ccoc1Cl)C(C)C. The largest absolute Gasteiger partial charge is 0.452 e. The van der Waals surface area contributed by atoms with Gasteiger partial charge in [-0.3, -0.25) is 9.69 Å². The number of furan rings is 1. The first kappa shape index (κ1) is 15.1. The van der Waals surface area contributed by atoms with Gasteiger partial charge in [-0.25, -0.2) is 0 Å². The predicted octanol–water partition coefficient (Wildman–Crippen LogP) is 2.78. The Balaban J connectivity index is 2.42. The molecule has 1 aromatic rings. The molecule has 0 aliphatic heterocycles. The van der Waals surface area contributed by atoms with Gasteiger partial charge in [0.15, 0.2) is 0 Å². The predicted molar refractivity (Wildman–Crippen MR) is 73.0 cm³/mol. The molecule has 5 heteroatoms. The molecule has 1 rings (SSSR count). The van der Waals surface area contributed by atoms with Crippen LogP contribution in [0.1, 0.15) is 38.1 Å². The monoisotopic (exact) mass is 272 g/mol. The van der Waals surface area contributed by atoms with Crippen LogP contribution >= 0.6 is 11.6 Å². The molecule has 0 saturated carbocycles. The van der Waals surface area contributed by atoms with Crippen LogP contribution in [0, 0.1) is 0 Å². The third-order valence-electron chi connectivity index (χ3n) is 2.84. The summed E-state index contributed by atoms with van der Waals surface area (Å²) in [4.78, 5) is 14.1. The number of nitrogens with zero attached hydrogens (tertiary/aromatic N) is 1. The molecule has 1 N–H and O–H groups in total. The number of nitrogens with one attached hydrogen (secondary N) is 1. The van der Waals surface area contributed by atoms with Crippen LogP contribution in [0.25, 0.3) is 0 Å². The first-order chi connectivity index (χ1) is 8.43. The van der Waals surface area contributed by atoms with Crippen molar-refractivity contribution in [3.05, 3.63) is 23.1 Å². The third-order valence-corrected chi connectivity index (χ3v) is 3.14. The van der Waals surface area contributed by atoms with E-state index in [1.807, 2.05) is 0 Å².